The molecule has 0 bridgehead atoms. The Bertz CT molecular complexity index is 438. The number of hydrogen-bond acceptors (Lipinski definition) is 2. The van der Waals surface area contributed by atoms with Gasteiger partial charge in [-0.1, -0.05) is 41.5 Å². The summed E-state index contributed by atoms with van der Waals surface area (Å²) in [6.45, 7) is 16.9. The van der Waals surface area contributed by atoms with Gasteiger partial charge in [0.25, 0.3) is 0 Å². The zero-order valence-electron chi connectivity index (χ0n) is 13.4. The minimum absolute atomic E-state index is 0.119. The van der Waals surface area contributed by atoms with Crippen LogP contribution in [0.2, 0.25) is 0 Å². The van der Waals surface area contributed by atoms with Crippen LogP contribution in [0.1, 0.15) is 58.8 Å². The smallest absolute Gasteiger partial charge is 0.114 e. The van der Waals surface area contributed by atoms with E-state index in [9.17, 15) is 0 Å². The Morgan fingerprint density at radius 1 is 1.26 bits per heavy atom. The molecule has 1 atom stereocenters. The molecule has 1 unspecified atom stereocenters. The van der Waals surface area contributed by atoms with Crippen LogP contribution in [0.4, 0.5) is 0 Å². The Kier molecular flexibility index (Phi) is 4.05. The Labute approximate surface area is 117 Å². The number of fused-ring (bicyclic) bond motifs is 1. The third-order valence-corrected chi connectivity index (χ3v) is 4.27. The van der Waals surface area contributed by atoms with Gasteiger partial charge in [0, 0.05) is 37.2 Å². The van der Waals surface area contributed by atoms with E-state index in [1.807, 2.05) is 0 Å². The molecule has 1 aliphatic rings. The van der Waals surface area contributed by atoms with Gasteiger partial charge in [-0.25, -0.2) is 4.98 Å². The molecule has 3 nitrogen and oxygen atoms in total. The fourth-order valence-corrected chi connectivity index (χ4v) is 2.64. The number of hydrogen-bond donors (Lipinski definition) is 1. The van der Waals surface area contributed by atoms with Gasteiger partial charge in [0.05, 0.1) is 5.69 Å². The molecule has 2 heterocycles. The van der Waals surface area contributed by atoms with Gasteiger partial charge in [-0.2, -0.15) is 0 Å². The van der Waals surface area contributed by atoms with Crippen LogP contribution in [0.3, 0.4) is 0 Å². The molecular formula is C16H29N3. The summed E-state index contributed by atoms with van der Waals surface area (Å²) in [7, 11) is 0. The Balaban J connectivity index is 2.40. The second kappa shape index (κ2) is 5.28. The summed E-state index contributed by atoms with van der Waals surface area (Å²) in [4.78, 5) is 4.93. The maximum atomic E-state index is 4.93. The predicted molar refractivity (Wildman–Crippen MR) is 80.3 cm³/mol. The lowest BCUT2D eigenvalue weighted by molar-refractivity contribution is 0.343. The first-order chi connectivity index (χ1) is 8.80. The summed E-state index contributed by atoms with van der Waals surface area (Å²) < 4.78 is 2.51. The molecule has 0 spiro atoms. The van der Waals surface area contributed by atoms with Gasteiger partial charge < -0.3 is 9.88 Å². The van der Waals surface area contributed by atoms with Crippen molar-refractivity contribution in [2.75, 3.05) is 6.54 Å². The SMILES string of the molecule is CC(C)C(C)Cn1c(C(C)(C)C)nc2c1CCNC2. The Morgan fingerprint density at radius 3 is 2.53 bits per heavy atom. The zero-order valence-corrected chi connectivity index (χ0v) is 13.4. The van der Waals surface area contributed by atoms with Crippen LogP contribution in [-0.2, 0) is 24.9 Å². The maximum absolute atomic E-state index is 4.93. The number of aromatic nitrogens is 2. The predicted octanol–water partition coefficient (Wildman–Crippen LogP) is 3.12. The van der Waals surface area contributed by atoms with Gasteiger partial charge in [-0.3, -0.25) is 0 Å². The molecule has 2 rings (SSSR count). The highest BCUT2D eigenvalue weighted by atomic mass is 15.1. The molecule has 3 heteroatoms. The van der Waals surface area contributed by atoms with Crippen LogP contribution in [0.25, 0.3) is 0 Å². The molecule has 0 saturated carbocycles. The zero-order chi connectivity index (χ0) is 14.2. The molecule has 108 valence electrons. The Morgan fingerprint density at radius 2 is 1.95 bits per heavy atom. The molecule has 1 aromatic heterocycles. The molecule has 1 aromatic rings. The van der Waals surface area contributed by atoms with E-state index in [0.29, 0.717) is 11.8 Å². The van der Waals surface area contributed by atoms with Gasteiger partial charge in [0.1, 0.15) is 5.82 Å². The van der Waals surface area contributed by atoms with Crippen LogP contribution in [0, 0.1) is 11.8 Å². The van der Waals surface area contributed by atoms with Crippen molar-refractivity contribution >= 4 is 0 Å². The molecule has 1 aliphatic heterocycles. The van der Waals surface area contributed by atoms with Gasteiger partial charge in [0.2, 0.25) is 0 Å². The molecule has 0 radical (unpaired) electrons. The van der Waals surface area contributed by atoms with E-state index in [4.69, 9.17) is 4.98 Å². The summed E-state index contributed by atoms with van der Waals surface area (Å²) in [5.41, 5.74) is 2.86. The molecular weight excluding hydrogens is 234 g/mol. The Hall–Kier alpha value is -0.830. The summed E-state index contributed by atoms with van der Waals surface area (Å²) >= 11 is 0. The van der Waals surface area contributed by atoms with E-state index in [-0.39, 0.29) is 5.41 Å². The third-order valence-electron chi connectivity index (χ3n) is 4.27. The fraction of sp³-hybridized carbons (Fsp3) is 0.812. The van der Waals surface area contributed by atoms with Crippen molar-refractivity contribution in [3.8, 4) is 0 Å². The standard InChI is InChI=1S/C16H29N3/c1-11(2)12(3)10-19-14-7-8-17-9-13(14)18-15(19)16(4,5)6/h11-12,17H,7-10H2,1-6H3. The monoisotopic (exact) mass is 263 g/mol. The normalized spacial score (nSPS) is 17.6. The van der Waals surface area contributed by atoms with Crippen molar-refractivity contribution < 1.29 is 0 Å². The van der Waals surface area contributed by atoms with E-state index < -0.39 is 0 Å². The lowest BCUT2D eigenvalue weighted by atomic mass is 9.94. The van der Waals surface area contributed by atoms with Gasteiger partial charge in [-0.05, 0) is 11.8 Å². The molecule has 19 heavy (non-hydrogen) atoms. The minimum atomic E-state index is 0.119. The average Bonchev–Trinajstić information content (AvgIpc) is 2.68. The van der Waals surface area contributed by atoms with Crippen LogP contribution in [0.5, 0.6) is 0 Å². The van der Waals surface area contributed by atoms with Crippen LogP contribution in [-0.4, -0.2) is 16.1 Å². The summed E-state index contributed by atoms with van der Waals surface area (Å²) in [5, 5.41) is 3.43. The number of nitrogens with one attached hydrogen (secondary N) is 1. The van der Waals surface area contributed by atoms with Gasteiger partial charge in [-0.15, -0.1) is 0 Å². The fourth-order valence-electron chi connectivity index (χ4n) is 2.64. The van der Waals surface area contributed by atoms with Gasteiger partial charge >= 0.3 is 0 Å². The number of imidazole rings is 1. The molecule has 0 saturated heterocycles. The summed E-state index contributed by atoms with van der Waals surface area (Å²) in [6.07, 6.45) is 1.11. The van der Waals surface area contributed by atoms with Crippen molar-refractivity contribution in [2.45, 2.75) is 66.5 Å². The van der Waals surface area contributed by atoms with Gasteiger partial charge in [0.15, 0.2) is 0 Å². The van der Waals surface area contributed by atoms with Crippen LogP contribution >= 0.6 is 0 Å². The first-order valence-corrected chi connectivity index (χ1v) is 7.60. The van der Waals surface area contributed by atoms with Crippen molar-refractivity contribution in [3.05, 3.63) is 17.2 Å². The highest BCUT2D eigenvalue weighted by Crippen LogP contribution is 2.28. The lowest BCUT2D eigenvalue weighted by Crippen LogP contribution is -2.27. The number of nitrogens with zero attached hydrogens (tertiary/aromatic N) is 2. The van der Waals surface area contributed by atoms with Crippen molar-refractivity contribution in [1.29, 1.82) is 0 Å². The second-order valence-corrected chi connectivity index (χ2v) is 7.34. The van der Waals surface area contributed by atoms with E-state index in [1.165, 1.54) is 17.2 Å². The van der Waals surface area contributed by atoms with E-state index in [0.717, 1.165) is 26.1 Å². The number of rotatable bonds is 3. The van der Waals surface area contributed by atoms with E-state index >= 15 is 0 Å². The second-order valence-electron chi connectivity index (χ2n) is 7.34. The highest BCUT2D eigenvalue weighted by Gasteiger charge is 2.27. The molecule has 0 aromatic carbocycles. The van der Waals surface area contributed by atoms with Crippen LogP contribution < -0.4 is 5.32 Å². The maximum Gasteiger partial charge on any atom is 0.114 e. The quantitative estimate of drug-likeness (QED) is 0.908. The van der Waals surface area contributed by atoms with Crippen molar-refractivity contribution in [3.63, 3.8) is 0 Å². The first kappa shape index (κ1) is 14.6. The highest BCUT2D eigenvalue weighted by molar-refractivity contribution is 5.23. The van der Waals surface area contributed by atoms with Crippen molar-refractivity contribution in [1.82, 2.24) is 14.9 Å². The minimum Gasteiger partial charge on any atom is -0.331 e. The van der Waals surface area contributed by atoms with Crippen molar-refractivity contribution in [2.24, 2.45) is 11.8 Å². The largest absolute Gasteiger partial charge is 0.331 e. The topological polar surface area (TPSA) is 29.9 Å². The molecule has 0 amide bonds. The van der Waals surface area contributed by atoms with E-state index in [1.54, 1.807) is 0 Å². The third kappa shape index (κ3) is 3.02. The average molecular weight is 263 g/mol. The molecule has 0 fully saturated rings. The molecule has 0 aliphatic carbocycles. The summed E-state index contributed by atoms with van der Waals surface area (Å²) in [5.74, 6) is 2.66. The lowest BCUT2D eigenvalue weighted by Gasteiger charge is -2.25. The molecule has 1 N–H and O–H groups in total. The first-order valence-electron chi connectivity index (χ1n) is 7.60. The van der Waals surface area contributed by atoms with E-state index in [2.05, 4.69) is 51.4 Å². The summed E-state index contributed by atoms with van der Waals surface area (Å²) in [6, 6.07) is 0. The van der Waals surface area contributed by atoms with Crippen LogP contribution in [0.15, 0.2) is 0 Å².